The lowest BCUT2D eigenvalue weighted by Crippen LogP contribution is -2.66. The fourth-order valence-corrected chi connectivity index (χ4v) is 3.34. The molecule has 1 spiro atoms. The second-order valence-corrected chi connectivity index (χ2v) is 5.73. The zero-order chi connectivity index (χ0) is 10.2. The molecule has 0 aromatic carbocycles. The summed E-state index contributed by atoms with van der Waals surface area (Å²) >= 11 is 0. The monoisotopic (exact) mass is 197 g/mol. The summed E-state index contributed by atoms with van der Waals surface area (Å²) in [6.45, 7) is 8.88. The highest BCUT2D eigenvalue weighted by Crippen LogP contribution is 2.53. The second-order valence-electron chi connectivity index (χ2n) is 5.73. The highest BCUT2D eigenvalue weighted by molar-refractivity contribution is 5.08. The van der Waals surface area contributed by atoms with Crippen LogP contribution in [-0.2, 0) is 4.74 Å². The summed E-state index contributed by atoms with van der Waals surface area (Å²) in [5, 5.41) is 3.63. The highest BCUT2D eigenvalue weighted by Gasteiger charge is 2.55. The van der Waals surface area contributed by atoms with Gasteiger partial charge in [-0.3, -0.25) is 0 Å². The van der Waals surface area contributed by atoms with Crippen molar-refractivity contribution in [3.05, 3.63) is 0 Å². The van der Waals surface area contributed by atoms with Crippen molar-refractivity contribution in [2.75, 3.05) is 13.2 Å². The van der Waals surface area contributed by atoms with Crippen LogP contribution in [-0.4, -0.2) is 24.8 Å². The summed E-state index contributed by atoms with van der Waals surface area (Å²) < 4.78 is 6.04. The van der Waals surface area contributed by atoms with Crippen LogP contribution in [0, 0.1) is 5.41 Å². The molecule has 1 saturated carbocycles. The summed E-state index contributed by atoms with van der Waals surface area (Å²) in [6, 6.07) is 0.606. The molecule has 82 valence electrons. The predicted octanol–water partition coefficient (Wildman–Crippen LogP) is 2.33. The van der Waals surface area contributed by atoms with Crippen LogP contribution in [0.2, 0.25) is 0 Å². The molecule has 2 aliphatic rings. The Hall–Kier alpha value is -0.0800. The van der Waals surface area contributed by atoms with Gasteiger partial charge >= 0.3 is 0 Å². The number of hydrogen-bond donors (Lipinski definition) is 1. The predicted molar refractivity (Wildman–Crippen MR) is 58.4 cm³/mol. The van der Waals surface area contributed by atoms with E-state index in [-0.39, 0.29) is 5.60 Å². The molecule has 0 radical (unpaired) electrons. The Morgan fingerprint density at radius 3 is 2.64 bits per heavy atom. The molecule has 1 aliphatic carbocycles. The van der Waals surface area contributed by atoms with E-state index in [0.29, 0.717) is 11.5 Å². The summed E-state index contributed by atoms with van der Waals surface area (Å²) in [4.78, 5) is 0. The minimum Gasteiger partial charge on any atom is -0.372 e. The van der Waals surface area contributed by atoms with Gasteiger partial charge < -0.3 is 10.1 Å². The zero-order valence-corrected chi connectivity index (χ0v) is 9.73. The molecule has 2 heteroatoms. The van der Waals surface area contributed by atoms with Gasteiger partial charge in [0.2, 0.25) is 0 Å². The maximum Gasteiger partial charge on any atom is 0.0845 e. The summed E-state index contributed by atoms with van der Waals surface area (Å²) in [6.07, 6.45) is 4.98. The number of hydrogen-bond acceptors (Lipinski definition) is 2. The van der Waals surface area contributed by atoms with E-state index in [0.717, 1.165) is 13.2 Å². The summed E-state index contributed by atoms with van der Waals surface area (Å²) in [7, 11) is 0. The van der Waals surface area contributed by atoms with E-state index < -0.39 is 0 Å². The zero-order valence-electron chi connectivity index (χ0n) is 9.73. The Morgan fingerprint density at radius 2 is 2.07 bits per heavy atom. The molecule has 0 bridgehead atoms. The normalized spacial score (nSPS) is 34.1. The molecule has 2 nitrogen and oxygen atoms in total. The molecule has 1 aliphatic heterocycles. The quantitative estimate of drug-likeness (QED) is 0.733. The number of ether oxygens (including phenoxy) is 1. The fraction of sp³-hybridized carbons (Fsp3) is 1.00. The molecule has 0 aromatic rings. The Labute approximate surface area is 87.4 Å². The van der Waals surface area contributed by atoms with Crippen molar-refractivity contribution in [1.82, 2.24) is 5.32 Å². The second kappa shape index (κ2) is 3.49. The van der Waals surface area contributed by atoms with E-state index in [1.807, 2.05) is 0 Å². The van der Waals surface area contributed by atoms with Gasteiger partial charge in [0.05, 0.1) is 12.2 Å². The van der Waals surface area contributed by atoms with Crippen molar-refractivity contribution in [3.8, 4) is 0 Å². The molecule has 2 fully saturated rings. The Bertz CT molecular complexity index is 202. The smallest absolute Gasteiger partial charge is 0.0845 e. The van der Waals surface area contributed by atoms with Crippen molar-refractivity contribution < 1.29 is 4.74 Å². The van der Waals surface area contributed by atoms with Gasteiger partial charge in [0.25, 0.3) is 0 Å². The van der Waals surface area contributed by atoms with Gasteiger partial charge in [0.15, 0.2) is 0 Å². The first-order valence-electron chi connectivity index (χ1n) is 5.95. The molecule has 2 rings (SSSR count). The standard InChI is InChI=1S/C12H23NO/c1-4-5-10-12(14-7-6-13-10)8-11(2,3)9-12/h10,13H,4-9H2,1-3H3. The van der Waals surface area contributed by atoms with E-state index in [2.05, 4.69) is 26.1 Å². The van der Waals surface area contributed by atoms with Gasteiger partial charge in [-0.15, -0.1) is 0 Å². The molecule has 1 unspecified atom stereocenters. The lowest BCUT2D eigenvalue weighted by molar-refractivity contribution is -0.194. The maximum absolute atomic E-state index is 6.04. The average molecular weight is 197 g/mol. The Morgan fingerprint density at radius 1 is 1.36 bits per heavy atom. The molecule has 1 atom stereocenters. The van der Waals surface area contributed by atoms with Crippen LogP contribution in [0.25, 0.3) is 0 Å². The van der Waals surface area contributed by atoms with Crippen molar-refractivity contribution in [1.29, 1.82) is 0 Å². The molecule has 1 saturated heterocycles. The summed E-state index contributed by atoms with van der Waals surface area (Å²) in [5.41, 5.74) is 0.697. The minimum absolute atomic E-state index is 0.192. The minimum atomic E-state index is 0.192. The summed E-state index contributed by atoms with van der Waals surface area (Å²) in [5.74, 6) is 0. The Kier molecular flexibility index (Phi) is 2.61. The van der Waals surface area contributed by atoms with Gasteiger partial charge in [-0.2, -0.15) is 0 Å². The van der Waals surface area contributed by atoms with E-state index in [1.165, 1.54) is 25.7 Å². The van der Waals surface area contributed by atoms with E-state index in [4.69, 9.17) is 4.74 Å². The molecule has 1 heterocycles. The van der Waals surface area contributed by atoms with Crippen molar-refractivity contribution in [2.45, 2.75) is 58.1 Å². The van der Waals surface area contributed by atoms with Gasteiger partial charge in [-0.1, -0.05) is 27.2 Å². The third-order valence-electron chi connectivity index (χ3n) is 3.65. The van der Waals surface area contributed by atoms with Crippen LogP contribution in [0.15, 0.2) is 0 Å². The van der Waals surface area contributed by atoms with Crippen molar-refractivity contribution in [3.63, 3.8) is 0 Å². The lowest BCUT2D eigenvalue weighted by Gasteiger charge is -2.58. The third-order valence-corrected chi connectivity index (χ3v) is 3.65. The van der Waals surface area contributed by atoms with E-state index in [9.17, 15) is 0 Å². The first-order valence-corrected chi connectivity index (χ1v) is 5.95. The van der Waals surface area contributed by atoms with Crippen LogP contribution >= 0.6 is 0 Å². The average Bonchev–Trinajstić information content (AvgIpc) is 2.06. The molecular weight excluding hydrogens is 174 g/mol. The van der Waals surface area contributed by atoms with Crippen LogP contribution in [0.4, 0.5) is 0 Å². The molecule has 0 amide bonds. The Balaban J connectivity index is 2.01. The van der Waals surface area contributed by atoms with Gasteiger partial charge in [0.1, 0.15) is 0 Å². The van der Waals surface area contributed by atoms with Crippen molar-refractivity contribution in [2.24, 2.45) is 5.41 Å². The van der Waals surface area contributed by atoms with Crippen LogP contribution in [0.1, 0.15) is 46.5 Å². The number of rotatable bonds is 2. The van der Waals surface area contributed by atoms with Crippen LogP contribution < -0.4 is 5.32 Å². The van der Waals surface area contributed by atoms with Crippen LogP contribution in [0.3, 0.4) is 0 Å². The van der Waals surface area contributed by atoms with Gasteiger partial charge in [0, 0.05) is 12.6 Å². The van der Waals surface area contributed by atoms with E-state index >= 15 is 0 Å². The molecular formula is C12H23NO. The lowest BCUT2D eigenvalue weighted by atomic mass is 9.57. The topological polar surface area (TPSA) is 21.3 Å². The van der Waals surface area contributed by atoms with Gasteiger partial charge in [-0.05, 0) is 24.7 Å². The first kappa shape index (κ1) is 10.4. The highest BCUT2D eigenvalue weighted by atomic mass is 16.5. The fourth-order valence-electron chi connectivity index (χ4n) is 3.34. The van der Waals surface area contributed by atoms with E-state index in [1.54, 1.807) is 0 Å². The largest absolute Gasteiger partial charge is 0.372 e. The van der Waals surface area contributed by atoms with Crippen LogP contribution in [0.5, 0.6) is 0 Å². The molecule has 0 aromatic heterocycles. The number of morpholine rings is 1. The SMILES string of the molecule is CCCC1NCCOC12CC(C)(C)C2. The van der Waals surface area contributed by atoms with Gasteiger partial charge in [-0.25, -0.2) is 0 Å². The molecule has 1 N–H and O–H groups in total. The van der Waals surface area contributed by atoms with Crippen molar-refractivity contribution >= 4 is 0 Å². The molecule has 14 heavy (non-hydrogen) atoms. The maximum atomic E-state index is 6.04. The first-order chi connectivity index (χ1) is 6.58. The third kappa shape index (κ3) is 1.70. The number of nitrogens with one attached hydrogen (secondary N) is 1.